The zero-order valence-corrected chi connectivity index (χ0v) is 21.4. The number of nitrogen functional groups attached to an aromatic ring is 1. The Hall–Kier alpha value is -2.55. The first-order chi connectivity index (χ1) is 16.8. The second kappa shape index (κ2) is 7.97. The van der Waals surface area contributed by atoms with Gasteiger partial charge < -0.3 is 25.8 Å². The number of carbonyl (C=O) groups is 1. The van der Waals surface area contributed by atoms with Crippen LogP contribution in [0.1, 0.15) is 50.0 Å². The fraction of sp³-hybridized carbons (Fsp3) is 0.607. The molecule has 9 atom stereocenters. The molecule has 1 spiro atoms. The summed E-state index contributed by atoms with van der Waals surface area (Å²) in [6, 6.07) is 5.08. The van der Waals surface area contributed by atoms with Crippen molar-refractivity contribution in [3.05, 3.63) is 57.5 Å². The van der Waals surface area contributed by atoms with Gasteiger partial charge in [0.05, 0.1) is 17.1 Å². The maximum Gasteiger partial charge on any atom is 0.341 e. The minimum absolute atomic E-state index is 0.0171. The number of aryl methyl sites for hydroxylation is 1. The van der Waals surface area contributed by atoms with Gasteiger partial charge in [-0.15, -0.1) is 0 Å². The van der Waals surface area contributed by atoms with Crippen molar-refractivity contribution in [2.75, 3.05) is 12.3 Å². The standard InChI is InChI=1S/C28H36N2O6/c1-13-7-6-8-19(29)20(13)25(33)36-24-14(2)11-27-15(3)9-18-21(26(18,4)5)17(23(27)32)10-16(12-30-35)22(31)28(24,27)34/h6-8,10-11,15,17-18,21-24,31-32,34H,9,12,29H2,1-5H3. The zero-order chi connectivity index (χ0) is 26.4. The van der Waals surface area contributed by atoms with Crippen molar-refractivity contribution in [2.24, 2.45) is 39.7 Å². The molecule has 2 bridgehead atoms. The predicted octanol–water partition coefficient (Wildman–Crippen LogP) is 3.14. The molecule has 0 aromatic heterocycles. The van der Waals surface area contributed by atoms with Crippen molar-refractivity contribution in [3.8, 4) is 0 Å². The van der Waals surface area contributed by atoms with Crippen LogP contribution in [0, 0.1) is 46.3 Å². The number of anilines is 1. The third-order valence-corrected chi connectivity index (χ3v) is 9.96. The number of rotatable bonds is 4. The van der Waals surface area contributed by atoms with Gasteiger partial charge in [0.25, 0.3) is 0 Å². The Morgan fingerprint density at radius 2 is 1.94 bits per heavy atom. The van der Waals surface area contributed by atoms with Crippen LogP contribution in [-0.4, -0.2) is 51.7 Å². The molecular formula is C28H36N2O6. The van der Waals surface area contributed by atoms with Gasteiger partial charge in [-0.2, -0.15) is 4.91 Å². The molecule has 36 heavy (non-hydrogen) atoms. The van der Waals surface area contributed by atoms with E-state index in [0.29, 0.717) is 17.1 Å². The summed E-state index contributed by atoms with van der Waals surface area (Å²) in [7, 11) is 0. The van der Waals surface area contributed by atoms with E-state index in [-0.39, 0.29) is 46.5 Å². The minimum Gasteiger partial charge on any atom is -0.451 e. The summed E-state index contributed by atoms with van der Waals surface area (Å²) >= 11 is 0. The van der Waals surface area contributed by atoms with E-state index in [1.807, 2.05) is 6.92 Å². The van der Waals surface area contributed by atoms with Gasteiger partial charge in [0.15, 0.2) is 6.10 Å². The number of ether oxygens (including phenoxy) is 1. The average Bonchev–Trinajstić information content (AvgIpc) is 3.29. The van der Waals surface area contributed by atoms with Gasteiger partial charge in [0, 0.05) is 11.6 Å². The van der Waals surface area contributed by atoms with E-state index in [9.17, 15) is 25.0 Å². The zero-order valence-electron chi connectivity index (χ0n) is 21.4. The van der Waals surface area contributed by atoms with Gasteiger partial charge in [-0.3, -0.25) is 0 Å². The van der Waals surface area contributed by atoms with E-state index in [2.05, 4.69) is 19.0 Å². The molecule has 0 amide bonds. The van der Waals surface area contributed by atoms with E-state index in [0.717, 1.165) is 6.42 Å². The summed E-state index contributed by atoms with van der Waals surface area (Å²) in [5, 5.41) is 39.3. The first-order valence-electron chi connectivity index (χ1n) is 12.7. The van der Waals surface area contributed by atoms with Gasteiger partial charge in [0.1, 0.15) is 18.2 Å². The molecule has 8 nitrogen and oxygen atoms in total. The molecule has 5 rings (SSSR count). The highest BCUT2D eigenvalue weighted by Gasteiger charge is 2.76. The summed E-state index contributed by atoms with van der Waals surface area (Å²) in [5.74, 6) is -0.908. The molecule has 4 aliphatic rings. The van der Waals surface area contributed by atoms with Crippen LogP contribution in [0.5, 0.6) is 0 Å². The van der Waals surface area contributed by atoms with Gasteiger partial charge in [0.2, 0.25) is 0 Å². The molecule has 4 aliphatic carbocycles. The van der Waals surface area contributed by atoms with E-state index < -0.39 is 35.3 Å². The van der Waals surface area contributed by atoms with Gasteiger partial charge in [-0.1, -0.05) is 50.2 Å². The van der Waals surface area contributed by atoms with Crippen molar-refractivity contribution in [1.82, 2.24) is 0 Å². The summed E-state index contributed by atoms with van der Waals surface area (Å²) in [4.78, 5) is 24.8. The summed E-state index contributed by atoms with van der Waals surface area (Å²) in [6.45, 7) is 9.47. The van der Waals surface area contributed by atoms with Crippen molar-refractivity contribution in [2.45, 2.75) is 65.0 Å². The van der Waals surface area contributed by atoms with Crippen LogP contribution in [0.3, 0.4) is 0 Å². The maximum atomic E-state index is 13.4. The molecule has 1 aromatic rings. The first-order valence-corrected chi connectivity index (χ1v) is 12.7. The highest BCUT2D eigenvalue weighted by Crippen LogP contribution is 2.72. The molecule has 0 radical (unpaired) electrons. The second-order valence-electron chi connectivity index (χ2n) is 12.0. The van der Waals surface area contributed by atoms with Crippen molar-refractivity contribution in [1.29, 1.82) is 0 Å². The topological polar surface area (TPSA) is 142 Å². The quantitative estimate of drug-likeness (QED) is 0.217. The SMILES string of the molecule is CC1=CC23C(C)CC4C(C(C=C(CN=O)C(O)C2(O)C1OC(=O)c1c(C)cccc1N)C3O)C4(C)C. The predicted molar refractivity (Wildman–Crippen MR) is 135 cm³/mol. The summed E-state index contributed by atoms with van der Waals surface area (Å²) in [6.07, 6.45) is 0.408. The van der Waals surface area contributed by atoms with Crippen LogP contribution in [0.25, 0.3) is 0 Å². The van der Waals surface area contributed by atoms with E-state index in [1.165, 1.54) is 0 Å². The molecule has 9 unspecified atom stereocenters. The number of carbonyl (C=O) groups excluding carboxylic acids is 1. The third kappa shape index (κ3) is 3.01. The smallest absolute Gasteiger partial charge is 0.341 e. The number of hydrogen-bond acceptors (Lipinski definition) is 8. The minimum atomic E-state index is -2.10. The van der Waals surface area contributed by atoms with E-state index >= 15 is 0 Å². The monoisotopic (exact) mass is 496 g/mol. The molecule has 0 saturated heterocycles. The molecular weight excluding hydrogens is 460 g/mol. The van der Waals surface area contributed by atoms with E-state index in [4.69, 9.17) is 10.5 Å². The molecule has 1 aromatic carbocycles. The lowest BCUT2D eigenvalue weighted by atomic mass is 9.58. The Kier molecular flexibility index (Phi) is 5.56. The van der Waals surface area contributed by atoms with Gasteiger partial charge >= 0.3 is 5.97 Å². The number of fused-ring (bicyclic) bond motifs is 3. The Balaban J connectivity index is 1.65. The van der Waals surface area contributed by atoms with Gasteiger partial charge in [-0.25, -0.2) is 4.79 Å². The number of nitrogens with zero attached hydrogens (tertiary/aromatic N) is 1. The Morgan fingerprint density at radius 1 is 1.25 bits per heavy atom. The van der Waals surface area contributed by atoms with Crippen LogP contribution in [0.4, 0.5) is 5.69 Å². The normalized spacial score (nSPS) is 42.2. The van der Waals surface area contributed by atoms with Crippen LogP contribution in [-0.2, 0) is 4.74 Å². The number of benzene rings is 1. The maximum absolute atomic E-state index is 13.4. The van der Waals surface area contributed by atoms with Crippen molar-refractivity contribution in [3.63, 3.8) is 0 Å². The molecule has 0 aliphatic heterocycles. The Bertz CT molecular complexity index is 1170. The molecule has 194 valence electrons. The van der Waals surface area contributed by atoms with Crippen LogP contribution < -0.4 is 5.73 Å². The first kappa shape index (κ1) is 25.1. The summed E-state index contributed by atoms with van der Waals surface area (Å²) in [5.41, 5.74) is 4.51. The molecule has 2 fully saturated rings. The largest absolute Gasteiger partial charge is 0.451 e. The third-order valence-electron chi connectivity index (χ3n) is 9.96. The van der Waals surface area contributed by atoms with Crippen LogP contribution in [0.2, 0.25) is 0 Å². The fourth-order valence-corrected chi connectivity index (χ4v) is 8.11. The van der Waals surface area contributed by atoms with Crippen LogP contribution in [0.15, 0.2) is 46.7 Å². The number of aliphatic hydroxyl groups excluding tert-OH is 2. The lowest BCUT2D eigenvalue weighted by molar-refractivity contribution is -0.215. The number of hydrogen-bond donors (Lipinski definition) is 4. The lowest BCUT2D eigenvalue weighted by Gasteiger charge is -2.52. The Morgan fingerprint density at radius 3 is 2.58 bits per heavy atom. The van der Waals surface area contributed by atoms with Crippen molar-refractivity contribution < 1.29 is 24.9 Å². The molecule has 0 heterocycles. The second-order valence-corrected chi connectivity index (χ2v) is 12.0. The number of aliphatic hydroxyl groups is 3. The average molecular weight is 497 g/mol. The number of nitrogens with two attached hydrogens (primary N) is 1. The molecule has 5 N–H and O–H groups in total. The van der Waals surface area contributed by atoms with E-state index in [1.54, 1.807) is 44.2 Å². The van der Waals surface area contributed by atoms with Gasteiger partial charge in [-0.05, 0) is 66.2 Å². The number of nitroso groups, excluding NO2 is 1. The number of esters is 1. The molecule has 2 saturated carbocycles. The van der Waals surface area contributed by atoms with Crippen LogP contribution >= 0.6 is 0 Å². The highest BCUT2D eigenvalue weighted by molar-refractivity contribution is 5.97. The van der Waals surface area contributed by atoms with Crippen molar-refractivity contribution >= 4 is 11.7 Å². The fourth-order valence-electron chi connectivity index (χ4n) is 8.11. The summed E-state index contributed by atoms with van der Waals surface area (Å²) < 4.78 is 5.95. The Labute approximate surface area is 211 Å². The lowest BCUT2D eigenvalue weighted by Crippen LogP contribution is -2.66. The highest BCUT2D eigenvalue weighted by atomic mass is 16.6. The molecule has 8 heteroatoms.